The van der Waals surface area contributed by atoms with Crippen LogP contribution in [-0.2, 0) is 80.7 Å². The maximum absolute atomic E-state index is 14.0. The van der Waals surface area contributed by atoms with Crippen molar-refractivity contribution in [3.8, 4) is 0 Å². The molecule has 0 aromatic heterocycles. The summed E-state index contributed by atoms with van der Waals surface area (Å²) in [6, 6.07) is 45.0. The van der Waals surface area contributed by atoms with Crippen molar-refractivity contribution in [2.45, 2.75) is 185 Å². The number of hydrogen-bond acceptors (Lipinski definition) is 20. The van der Waals surface area contributed by atoms with Gasteiger partial charge in [0.05, 0.1) is 66.2 Å². The predicted molar refractivity (Wildman–Crippen MR) is 494 cm³/mol. The van der Waals surface area contributed by atoms with E-state index in [0.29, 0.717) is 72.4 Å². The third kappa shape index (κ3) is 28.1. The number of primary sulfonamides is 1. The van der Waals surface area contributed by atoms with Gasteiger partial charge in [0, 0.05) is 157 Å². The Hall–Kier alpha value is -5.41. The number of para-hydroxylation sites is 4. The van der Waals surface area contributed by atoms with E-state index in [2.05, 4.69) is 204 Å². The predicted octanol–water partition coefficient (Wildman–Crippen LogP) is 13.3. The van der Waals surface area contributed by atoms with E-state index in [0.717, 1.165) is 143 Å². The zero-order valence-corrected chi connectivity index (χ0v) is 83.5. The summed E-state index contributed by atoms with van der Waals surface area (Å²) < 4.78 is 133. The molecule has 0 amide bonds. The maximum Gasteiger partial charge on any atom is 1.00 e. The molecule has 0 unspecified atom stereocenters. The monoisotopic (exact) mass is 1910 g/mol. The van der Waals surface area contributed by atoms with Crippen LogP contribution < -0.4 is 86.5 Å². The summed E-state index contributed by atoms with van der Waals surface area (Å²) in [6.07, 6.45) is 24.9. The summed E-state index contributed by atoms with van der Waals surface area (Å²) >= 11 is 20.7. The average Bonchev–Trinajstić information content (AvgIpc) is 1.61. The Balaban J connectivity index is 0.000000259. The molecule has 6 aromatic rings. The number of benzene rings is 6. The van der Waals surface area contributed by atoms with Crippen LogP contribution in [0.4, 0.5) is 22.7 Å². The fourth-order valence-electron chi connectivity index (χ4n) is 16.7. The van der Waals surface area contributed by atoms with Gasteiger partial charge in [-0.1, -0.05) is 160 Å². The number of quaternary nitrogens is 1. The summed E-state index contributed by atoms with van der Waals surface area (Å²) in [7, 11) is -16.1. The third-order valence-corrected chi connectivity index (χ3v) is 29.5. The molecule has 4 N–H and O–H groups in total. The van der Waals surface area contributed by atoms with Crippen LogP contribution in [0.15, 0.2) is 248 Å². The van der Waals surface area contributed by atoms with Gasteiger partial charge >= 0.3 is 51.4 Å². The summed E-state index contributed by atoms with van der Waals surface area (Å²) in [6.45, 7) is 30.8. The topological polar surface area (TPSA) is 321 Å². The minimum atomic E-state index is -4.32. The van der Waals surface area contributed by atoms with Gasteiger partial charge in [-0.05, 0) is 219 Å². The van der Waals surface area contributed by atoms with E-state index in [1.54, 1.807) is 17.0 Å². The summed E-state index contributed by atoms with van der Waals surface area (Å²) in [4.78, 5) is 6.56. The van der Waals surface area contributed by atoms with Gasteiger partial charge in [0.25, 0.3) is 10.0 Å². The van der Waals surface area contributed by atoms with E-state index < -0.39 is 51.5 Å². The molecule has 23 nitrogen and oxygen atoms in total. The number of fused-ring (bicyclic) bond motifs is 4. The molecule has 33 heteroatoms. The van der Waals surface area contributed by atoms with Gasteiger partial charge in [0.15, 0.2) is 11.4 Å². The second-order valence-electron chi connectivity index (χ2n) is 33.0. The van der Waals surface area contributed by atoms with Crippen molar-refractivity contribution >= 4 is 133 Å². The standard InChI is InChI=1S/C43H50ClN3O8S3.C37H45ClN2O6S2.C6H6ClNO2S.C6H15N.K/c1-42(2)35-13-5-7-15-37(35)46(27-9-11-29-56-55-54-48)39(42)25-19-31-17-18-32(41(31)45-58(52,53)34-23-21-33(44)22-24-34)20-26-40-43(3,4)36-14-6-8-16-38(36)47(40)28-10-12-30-57(49,50)51;1-36(2)29-13-5-7-15-31(29)39(23-9-11-25-47-46-45-41)33(36)21-19-27-17-18-28(35(27)38)20-22-34-37(3,4)30-14-6-8-16-32(30)40(34)24-10-12-26-48(42,43)44;7-5-1-3-6(4-2-5)11(8,9)10;1-4-7(5-2)6-3;/h5-8,13-16,19-26H,9-12,17-18,27-30H2,1-4H3,(H2,48,49,50,51);5-8,13-16,19-22H,9-12,17-18,23-26H2,1-4H3,(H-,41,42,43,44);1-4H,(H2,8,9,10);4-6H2,1-3H3;/q;;;;+1/p-1. The number of rotatable bonds is 37. The van der Waals surface area contributed by atoms with Gasteiger partial charge in [-0.25, -0.2) is 38.8 Å². The molecule has 6 aliphatic rings. The summed E-state index contributed by atoms with van der Waals surface area (Å²) in [5.41, 5.74) is 16.9. The zero-order chi connectivity index (χ0) is 90.4. The van der Waals surface area contributed by atoms with Crippen LogP contribution in [0.1, 0.15) is 175 Å². The number of anilines is 2. The van der Waals surface area contributed by atoms with Gasteiger partial charge in [0.2, 0.25) is 21.4 Å². The van der Waals surface area contributed by atoms with Crippen LogP contribution in [-0.4, -0.2) is 132 Å². The molecule has 0 saturated heterocycles. The summed E-state index contributed by atoms with van der Waals surface area (Å²) in [5.74, 6) is 0.516. The number of sulfonamides is 2. The number of nitrogens with one attached hydrogen (secondary N) is 2. The number of hydrogen-bond donors (Lipinski definition) is 3. The van der Waals surface area contributed by atoms with Crippen molar-refractivity contribution in [1.82, 2.24) is 4.72 Å². The van der Waals surface area contributed by atoms with Crippen molar-refractivity contribution < 1.29 is 137 Å². The zero-order valence-electron chi connectivity index (χ0n) is 73.2. The Kier molecular flexibility index (Phi) is 40.0. The van der Waals surface area contributed by atoms with Crippen molar-refractivity contribution in [2.24, 2.45) is 5.14 Å². The normalized spacial score (nSPS) is 18.1. The van der Waals surface area contributed by atoms with Gasteiger partial charge in [-0.15, -0.1) is 0 Å². The Morgan fingerprint density at radius 2 is 0.856 bits per heavy atom. The third-order valence-electron chi connectivity index (χ3n) is 23.4. The number of allylic oxidation sites excluding steroid dienone is 15. The van der Waals surface area contributed by atoms with E-state index >= 15 is 0 Å². The smallest absolute Gasteiger partial charge is 0.748 e. The van der Waals surface area contributed by atoms with Crippen LogP contribution in [0.3, 0.4) is 0 Å². The first-order valence-electron chi connectivity index (χ1n) is 41.7. The van der Waals surface area contributed by atoms with Crippen molar-refractivity contribution in [2.75, 3.05) is 78.6 Å². The largest absolute Gasteiger partial charge is 1.00 e. The molecule has 2 aliphatic carbocycles. The molecular formula is C92H115Cl3KN7O16S6. The van der Waals surface area contributed by atoms with Gasteiger partial charge < -0.3 is 34.3 Å². The van der Waals surface area contributed by atoms with Gasteiger partial charge in [0.1, 0.15) is 13.1 Å². The Labute approximate surface area is 806 Å². The summed E-state index contributed by atoms with van der Waals surface area (Å²) in [5, 5.41) is 33.7. The fraction of sp³-hybridized carbons (Fsp3) is 0.413. The second-order valence-corrected chi connectivity index (χ2v) is 42.1. The molecular weight excluding hydrogens is 1800 g/mol. The molecule has 125 heavy (non-hydrogen) atoms. The Morgan fingerprint density at radius 3 is 1.26 bits per heavy atom. The number of nitrogens with zero attached hydrogens (tertiary/aromatic N) is 4. The molecule has 4 heterocycles. The van der Waals surface area contributed by atoms with Crippen molar-refractivity contribution in [3.05, 3.63) is 271 Å². The molecule has 0 spiro atoms. The first kappa shape index (κ1) is 105. The van der Waals surface area contributed by atoms with Crippen molar-refractivity contribution in [1.29, 1.82) is 0 Å². The Bertz CT molecular complexity index is 5550. The average molecular weight is 1910 g/mol. The molecule has 672 valence electrons. The maximum atomic E-state index is 14.0. The molecule has 0 bridgehead atoms. The number of nitrogens with two attached hydrogens (primary N) is 1. The minimum Gasteiger partial charge on any atom is -0.748 e. The Morgan fingerprint density at radius 1 is 0.472 bits per heavy atom. The van der Waals surface area contributed by atoms with Gasteiger partial charge in [-0.2, -0.15) is 17.8 Å². The van der Waals surface area contributed by atoms with E-state index in [-0.39, 0.29) is 89.6 Å². The number of halogens is 3. The number of unbranched alkanes of at least 4 members (excludes halogenated alkanes) is 4. The minimum absolute atomic E-state index is 0. The SMILES string of the molecule is CC1(C)C(=CC=C2CCC(C=CC3=[N+](CCCCS(=O)(=O)[O-])c4ccccc4C3(C)C)=C2Cl)N(CCCCSOO[O-])c2ccccc21.CC1(C)C(=CC=C2CCC(C=CC3=[N+](CCCCS(=O)(=O)[O-])c4ccccc4C3(C)C)=C2NS(=O)(=O)c2ccc(Cl)cc2)N(CCCCSOO[O-])c2ccccc21.CC[NH+](CC)CC.NS(=O)(=O)c1ccc(Cl)cc1.[K+]. The molecule has 0 atom stereocenters. The molecule has 4 aliphatic heterocycles. The van der Waals surface area contributed by atoms with Crippen molar-refractivity contribution in [3.63, 3.8) is 0 Å². The quantitative estimate of drug-likeness (QED) is 0.00620. The van der Waals surface area contributed by atoms with E-state index in [1.165, 1.54) is 84.1 Å². The molecule has 0 saturated carbocycles. The van der Waals surface area contributed by atoms with Crippen LogP contribution in [0, 0.1) is 0 Å². The van der Waals surface area contributed by atoms with Crippen LogP contribution >= 0.6 is 58.9 Å². The van der Waals surface area contributed by atoms with Crippen LogP contribution in [0.5, 0.6) is 0 Å². The van der Waals surface area contributed by atoms with E-state index in [9.17, 15) is 53.3 Å². The van der Waals surface area contributed by atoms with Crippen LogP contribution in [0.25, 0.3) is 0 Å². The molecule has 0 fully saturated rings. The second kappa shape index (κ2) is 47.6. The van der Waals surface area contributed by atoms with Gasteiger partial charge in [-0.3, -0.25) is 14.8 Å². The van der Waals surface area contributed by atoms with Crippen LogP contribution in [0.2, 0.25) is 10.0 Å². The van der Waals surface area contributed by atoms with E-state index in [1.807, 2.05) is 60.7 Å². The molecule has 0 radical (unpaired) electrons. The van der Waals surface area contributed by atoms with E-state index in [4.69, 9.17) is 39.9 Å². The molecule has 6 aromatic carbocycles. The fourth-order valence-corrected chi connectivity index (χ4v) is 20.9. The molecule has 12 rings (SSSR count). The first-order chi connectivity index (χ1) is 58.7. The first-order valence-corrected chi connectivity index (χ1v) is 50.9.